The van der Waals surface area contributed by atoms with Crippen LogP contribution in [-0.2, 0) is 10.0 Å². The SMILES string of the molecule is COc1cc(C2CCN(CCO)CC2)ccc1Nc1ncc(Cl)c(Nc2ccccc2NS(C)(=O)=O)n1. The first-order chi connectivity index (χ1) is 17.8. The third-order valence-electron chi connectivity index (χ3n) is 6.17. The van der Waals surface area contributed by atoms with Gasteiger partial charge in [0.1, 0.15) is 10.8 Å². The van der Waals surface area contributed by atoms with Gasteiger partial charge in [0.15, 0.2) is 5.82 Å². The van der Waals surface area contributed by atoms with Gasteiger partial charge in [-0.3, -0.25) is 4.72 Å². The van der Waals surface area contributed by atoms with E-state index in [-0.39, 0.29) is 11.6 Å². The normalized spacial score (nSPS) is 14.8. The Balaban J connectivity index is 1.51. The molecule has 0 amide bonds. The van der Waals surface area contributed by atoms with Crippen LogP contribution in [0.1, 0.15) is 24.3 Å². The number of halogens is 1. The zero-order chi connectivity index (χ0) is 26.4. The van der Waals surface area contributed by atoms with Crippen molar-refractivity contribution in [2.24, 2.45) is 0 Å². The van der Waals surface area contributed by atoms with Crippen molar-refractivity contribution in [3.8, 4) is 5.75 Å². The Labute approximate surface area is 222 Å². The summed E-state index contributed by atoms with van der Waals surface area (Å²) in [6.45, 7) is 2.83. The minimum Gasteiger partial charge on any atom is -0.495 e. The zero-order valence-electron chi connectivity index (χ0n) is 20.7. The number of rotatable bonds is 10. The summed E-state index contributed by atoms with van der Waals surface area (Å²) in [5, 5.41) is 15.7. The topological polar surface area (TPSA) is 129 Å². The fraction of sp³-hybridized carbons (Fsp3) is 0.360. The molecule has 0 bridgehead atoms. The van der Waals surface area contributed by atoms with Gasteiger partial charge in [-0.25, -0.2) is 13.4 Å². The fourth-order valence-electron chi connectivity index (χ4n) is 4.34. The van der Waals surface area contributed by atoms with E-state index in [0.29, 0.717) is 40.5 Å². The van der Waals surface area contributed by atoms with Crippen LogP contribution < -0.4 is 20.1 Å². The number of methoxy groups -OCH3 is 1. The summed E-state index contributed by atoms with van der Waals surface area (Å²) in [5.41, 5.74) is 2.77. The Bertz CT molecular complexity index is 1330. The number of nitrogens with zero attached hydrogens (tertiary/aromatic N) is 3. The van der Waals surface area contributed by atoms with Crippen LogP contribution in [0.5, 0.6) is 5.75 Å². The molecule has 12 heteroatoms. The Morgan fingerprint density at radius 1 is 1.11 bits per heavy atom. The third-order valence-corrected chi connectivity index (χ3v) is 7.03. The van der Waals surface area contributed by atoms with Crippen LogP contribution in [0.2, 0.25) is 5.02 Å². The third kappa shape index (κ3) is 7.22. The number of sulfonamides is 1. The summed E-state index contributed by atoms with van der Waals surface area (Å²) in [7, 11) is -1.85. The van der Waals surface area contributed by atoms with Crippen molar-refractivity contribution in [3.63, 3.8) is 0 Å². The second kappa shape index (κ2) is 12.0. The first-order valence-electron chi connectivity index (χ1n) is 11.9. The first kappa shape index (κ1) is 26.9. The van der Waals surface area contributed by atoms with Crippen LogP contribution >= 0.6 is 11.6 Å². The highest BCUT2D eigenvalue weighted by molar-refractivity contribution is 7.92. The van der Waals surface area contributed by atoms with Gasteiger partial charge >= 0.3 is 0 Å². The maximum absolute atomic E-state index is 11.7. The van der Waals surface area contributed by atoms with E-state index in [1.54, 1.807) is 31.4 Å². The number of benzene rings is 2. The number of para-hydroxylation sites is 2. The minimum atomic E-state index is -3.47. The Kier molecular flexibility index (Phi) is 8.70. The van der Waals surface area contributed by atoms with Gasteiger partial charge in [0.05, 0.1) is 43.2 Å². The maximum atomic E-state index is 11.7. The van der Waals surface area contributed by atoms with E-state index in [4.69, 9.17) is 21.4 Å². The van der Waals surface area contributed by atoms with Crippen molar-refractivity contribution < 1.29 is 18.3 Å². The standard InChI is InChI=1S/C25H31ClN6O4S/c1-36-23-15-18(17-9-11-32(12-10-17)13-14-33)7-8-22(23)29-25-27-16-19(26)24(30-25)28-20-5-3-4-6-21(20)31-37(2,34)35/h3-8,15-17,31,33H,9-14H2,1-2H3,(H2,27,28,29,30). The van der Waals surface area contributed by atoms with E-state index in [1.165, 1.54) is 11.8 Å². The van der Waals surface area contributed by atoms with Gasteiger partial charge in [-0.05, 0) is 61.7 Å². The molecule has 1 saturated heterocycles. The number of likely N-dealkylation sites (tertiary alicyclic amines) is 1. The second-order valence-corrected chi connectivity index (χ2v) is 11.0. The fourth-order valence-corrected chi connectivity index (χ4v) is 5.06. The zero-order valence-corrected chi connectivity index (χ0v) is 22.3. The largest absolute Gasteiger partial charge is 0.495 e. The van der Waals surface area contributed by atoms with Crippen molar-refractivity contribution >= 4 is 50.5 Å². The summed E-state index contributed by atoms with van der Waals surface area (Å²) >= 11 is 6.33. The molecule has 0 radical (unpaired) electrons. The van der Waals surface area contributed by atoms with Gasteiger partial charge in [0.25, 0.3) is 0 Å². The van der Waals surface area contributed by atoms with E-state index < -0.39 is 10.0 Å². The molecule has 1 aliphatic heterocycles. The number of anilines is 5. The number of hydrogen-bond acceptors (Lipinski definition) is 9. The van der Waals surface area contributed by atoms with Crippen molar-refractivity contribution in [1.82, 2.24) is 14.9 Å². The molecule has 2 aromatic carbocycles. The monoisotopic (exact) mass is 546 g/mol. The molecule has 198 valence electrons. The molecule has 1 aromatic heterocycles. The average Bonchev–Trinajstić information content (AvgIpc) is 2.87. The summed E-state index contributed by atoms with van der Waals surface area (Å²) < 4.78 is 31.6. The lowest BCUT2D eigenvalue weighted by atomic mass is 9.89. The number of piperidine rings is 1. The molecule has 0 spiro atoms. The molecule has 0 saturated carbocycles. The van der Waals surface area contributed by atoms with Crippen LogP contribution in [-0.4, -0.2) is 68.0 Å². The highest BCUT2D eigenvalue weighted by Gasteiger charge is 2.21. The minimum absolute atomic E-state index is 0.187. The lowest BCUT2D eigenvalue weighted by Crippen LogP contribution is -2.34. The highest BCUT2D eigenvalue weighted by atomic mass is 35.5. The number of nitrogens with one attached hydrogen (secondary N) is 3. The number of aliphatic hydroxyl groups excluding tert-OH is 1. The molecule has 1 fully saturated rings. The number of aromatic nitrogens is 2. The summed E-state index contributed by atoms with van der Waals surface area (Å²) in [4.78, 5) is 11.1. The van der Waals surface area contributed by atoms with E-state index in [2.05, 4.69) is 36.3 Å². The lowest BCUT2D eigenvalue weighted by molar-refractivity contribution is 0.164. The predicted molar refractivity (Wildman–Crippen MR) is 147 cm³/mol. The Morgan fingerprint density at radius 3 is 2.51 bits per heavy atom. The molecule has 1 aliphatic rings. The maximum Gasteiger partial charge on any atom is 0.229 e. The number of aliphatic hydroxyl groups is 1. The highest BCUT2D eigenvalue weighted by Crippen LogP contribution is 2.35. The van der Waals surface area contributed by atoms with Crippen LogP contribution in [0.15, 0.2) is 48.7 Å². The molecule has 10 nitrogen and oxygen atoms in total. The van der Waals surface area contributed by atoms with Gasteiger partial charge in [-0.1, -0.05) is 29.8 Å². The van der Waals surface area contributed by atoms with Crippen LogP contribution in [0.4, 0.5) is 28.8 Å². The molecule has 4 rings (SSSR count). The Morgan fingerprint density at radius 2 is 1.84 bits per heavy atom. The summed E-state index contributed by atoms with van der Waals surface area (Å²) in [6, 6.07) is 12.9. The van der Waals surface area contributed by atoms with Crippen LogP contribution in [0, 0.1) is 0 Å². The molecule has 0 aliphatic carbocycles. The average molecular weight is 547 g/mol. The van der Waals surface area contributed by atoms with Crippen LogP contribution in [0.25, 0.3) is 0 Å². The molecule has 4 N–H and O–H groups in total. The van der Waals surface area contributed by atoms with E-state index >= 15 is 0 Å². The molecular weight excluding hydrogens is 516 g/mol. The molecule has 0 atom stereocenters. The molecule has 2 heterocycles. The summed E-state index contributed by atoms with van der Waals surface area (Å²) in [5.74, 6) is 1.71. The van der Waals surface area contributed by atoms with Gasteiger partial charge < -0.3 is 25.4 Å². The number of ether oxygens (including phenoxy) is 1. The molecular formula is C25H31ClN6O4S. The van der Waals surface area contributed by atoms with Crippen molar-refractivity contribution in [3.05, 3.63) is 59.2 Å². The van der Waals surface area contributed by atoms with Gasteiger partial charge in [0.2, 0.25) is 16.0 Å². The van der Waals surface area contributed by atoms with E-state index in [1.807, 2.05) is 12.1 Å². The lowest BCUT2D eigenvalue weighted by Gasteiger charge is -2.31. The summed E-state index contributed by atoms with van der Waals surface area (Å²) in [6.07, 6.45) is 4.61. The van der Waals surface area contributed by atoms with Crippen LogP contribution in [0.3, 0.4) is 0 Å². The van der Waals surface area contributed by atoms with Gasteiger partial charge in [0, 0.05) is 6.54 Å². The van der Waals surface area contributed by atoms with Gasteiger partial charge in [-0.15, -0.1) is 0 Å². The van der Waals surface area contributed by atoms with Crippen molar-refractivity contribution in [2.45, 2.75) is 18.8 Å². The number of β-amino-alcohol motifs (C(OH)–C–C–N with tert-alkyl or cyclic N) is 1. The number of hydrogen-bond donors (Lipinski definition) is 4. The van der Waals surface area contributed by atoms with Gasteiger partial charge in [-0.2, -0.15) is 4.98 Å². The predicted octanol–water partition coefficient (Wildman–Crippen LogP) is 4.17. The van der Waals surface area contributed by atoms with E-state index in [9.17, 15) is 8.42 Å². The molecule has 37 heavy (non-hydrogen) atoms. The van der Waals surface area contributed by atoms with Crippen molar-refractivity contribution in [2.75, 3.05) is 55.0 Å². The quantitative estimate of drug-likeness (QED) is 0.296. The van der Waals surface area contributed by atoms with Crippen molar-refractivity contribution in [1.29, 1.82) is 0 Å². The van der Waals surface area contributed by atoms with E-state index in [0.717, 1.165) is 38.7 Å². The second-order valence-electron chi connectivity index (χ2n) is 8.86. The first-order valence-corrected chi connectivity index (χ1v) is 14.2. The smallest absolute Gasteiger partial charge is 0.229 e. The molecule has 3 aromatic rings. The molecule has 0 unspecified atom stereocenters. The Hall–Kier alpha value is -3.12.